The first-order valence-electron chi connectivity index (χ1n) is 10.1. The Kier molecular flexibility index (Phi) is 5.75. The molecule has 34 heavy (non-hydrogen) atoms. The molecule has 12 heteroatoms. The van der Waals surface area contributed by atoms with E-state index in [-0.39, 0.29) is 22.6 Å². The second-order valence-corrected chi connectivity index (χ2v) is 8.14. The summed E-state index contributed by atoms with van der Waals surface area (Å²) in [5, 5.41) is 0. The number of halogens is 5. The SMILES string of the molecule is COC(=O)c1cc2nc([C@@H]3O[C@@](C)(C(F)(F)F)[C@@H](C)[C@H]3c3ccc(F)c(F)c3OC)[nH]c2cn1. The molecule has 1 N–H and O–H groups in total. The zero-order valence-electron chi connectivity index (χ0n) is 18.5. The average Bonchev–Trinajstić information content (AvgIpc) is 3.33. The van der Waals surface area contributed by atoms with Gasteiger partial charge < -0.3 is 19.2 Å². The van der Waals surface area contributed by atoms with Gasteiger partial charge in [0, 0.05) is 17.4 Å². The van der Waals surface area contributed by atoms with Gasteiger partial charge >= 0.3 is 12.1 Å². The molecule has 1 saturated heterocycles. The van der Waals surface area contributed by atoms with Crippen LogP contribution in [0.5, 0.6) is 5.75 Å². The minimum atomic E-state index is -4.78. The van der Waals surface area contributed by atoms with Gasteiger partial charge in [-0.1, -0.05) is 13.0 Å². The third-order valence-corrected chi connectivity index (χ3v) is 6.36. The van der Waals surface area contributed by atoms with Crippen LogP contribution in [0.15, 0.2) is 24.4 Å². The number of rotatable bonds is 4. The van der Waals surface area contributed by atoms with Crippen LogP contribution in [0.25, 0.3) is 11.0 Å². The Bertz CT molecular complexity index is 1260. The largest absolute Gasteiger partial charge is 0.493 e. The molecular formula is C22H20F5N3O4. The molecule has 3 aromatic rings. The number of carbonyl (C=O) groups excluding carboxylic acids is 1. The van der Waals surface area contributed by atoms with E-state index in [0.717, 1.165) is 20.1 Å². The Hall–Kier alpha value is -3.28. The van der Waals surface area contributed by atoms with Gasteiger partial charge in [0.1, 0.15) is 11.9 Å². The number of alkyl halides is 3. The zero-order chi connectivity index (χ0) is 25.0. The molecule has 4 atom stereocenters. The summed E-state index contributed by atoms with van der Waals surface area (Å²) in [6.07, 6.45) is -4.84. The lowest BCUT2D eigenvalue weighted by atomic mass is 9.77. The summed E-state index contributed by atoms with van der Waals surface area (Å²) >= 11 is 0. The van der Waals surface area contributed by atoms with Gasteiger partial charge in [-0.3, -0.25) is 0 Å². The van der Waals surface area contributed by atoms with Gasteiger partial charge in [-0.2, -0.15) is 17.6 Å². The maximum absolute atomic E-state index is 14.5. The summed E-state index contributed by atoms with van der Waals surface area (Å²) < 4.78 is 85.8. The fourth-order valence-corrected chi connectivity index (χ4v) is 4.33. The Morgan fingerprint density at radius 3 is 2.56 bits per heavy atom. The van der Waals surface area contributed by atoms with E-state index in [4.69, 9.17) is 9.47 Å². The van der Waals surface area contributed by atoms with E-state index in [1.165, 1.54) is 32.4 Å². The lowest BCUT2D eigenvalue weighted by molar-refractivity contribution is -0.275. The van der Waals surface area contributed by atoms with E-state index in [2.05, 4.69) is 19.7 Å². The van der Waals surface area contributed by atoms with Crippen molar-refractivity contribution in [1.29, 1.82) is 0 Å². The van der Waals surface area contributed by atoms with E-state index >= 15 is 0 Å². The number of imidazole rings is 1. The number of methoxy groups -OCH3 is 2. The average molecular weight is 485 g/mol. The van der Waals surface area contributed by atoms with Crippen LogP contribution < -0.4 is 4.74 Å². The normalized spacial score (nSPS) is 25.0. The molecule has 182 valence electrons. The first-order valence-corrected chi connectivity index (χ1v) is 10.1. The molecule has 0 radical (unpaired) electrons. The number of ether oxygens (including phenoxy) is 3. The number of carbonyl (C=O) groups is 1. The van der Waals surface area contributed by atoms with E-state index in [9.17, 15) is 26.7 Å². The molecule has 0 amide bonds. The predicted octanol–water partition coefficient (Wildman–Crippen LogP) is 4.84. The van der Waals surface area contributed by atoms with Gasteiger partial charge in [-0.05, 0) is 19.1 Å². The lowest BCUT2D eigenvalue weighted by Crippen LogP contribution is -2.46. The van der Waals surface area contributed by atoms with Gasteiger partial charge in [0.2, 0.25) is 5.82 Å². The molecule has 0 aliphatic carbocycles. The smallest absolute Gasteiger partial charge is 0.417 e. The van der Waals surface area contributed by atoms with E-state index in [0.29, 0.717) is 5.52 Å². The van der Waals surface area contributed by atoms with Gasteiger partial charge in [0.05, 0.1) is 31.4 Å². The molecule has 4 rings (SSSR count). The monoisotopic (exact) mass is 485 g/mol. The van der Waals surface area contributed by atoms with Crippen molar-refractivity contribution in [1.82, 2.24) is 15.0 Å². The highest BCUT2D eigenvalue weighted by molar-refractivity contribution is 5.91. The molecule has 1 fully saturated rings. The number of esters is 1. The van der Waals surface area contributed by atoms with Crippen LogP contribution in [0.2, 0.25) is 0 Å². The van der Waals surface area contributed by atoms with Crippen LogP contribution in [-0.2, 0) is 9.47 Å². The highest BCUT2D eigenvalue weighted by Crippen LogP contribution is 2.59. The van der Waals surface area contributed by atoms with Gasteiger partial charge in [-0.25, -0.2) is 19.2 Å². The first-order chi connectivity index (χ1) is 15.9. The Morgan fingerprint density at radius 2 is 1.94 bits per heavy atom. The number of hydrogen-bond donors (Lipinski definition) is 1. The summed E-state index contributed by atoms with van der Waals surface area (Å²) in [6, 6.07) is 3.32. The topological polar surface area (TPSA) is 86.3 Å². The second kappa shape index (κ2) is 8.19. The Morgan fingerprint density at radius 1 is 1.24 bits per heavy atom. The molecule has 0 spiro atoms. The van der Waals surface area contributed by atoms with Crippen molar-refractivity contribution >= 4 is 17.0 Å². The standard InChI is InChI=1S/C22H20F5N3O4/c1-9-15(10-5-6-11(23)16(24)17(10)32-3)18(34-21(9,2)22(25,26)27)19-29-12-7-13(20(31)33-4)28-8-14(12)30-19/h5-9,15,18H,1-4H3,(H,29,30)/t9-,15-,18+,21+/m0/s1. The van der Waals surface area contributed by atoms with Crippen LogP contribution in [0.4, 0.5) is 22.0 Å². The van der Waals surface area contributed by atoms with Crippen molar-refractivity contribution in [2.45, 2.75) is 37.6 Å². The molecule has 0 saturated carbocycles. The van der Waals surface area contributed by atoms with E-state index < -0.39 is 53.1 Å². The molecule has 3 heterocycles. The molecule has 2 aromatic heterocycles. The number of benzene rings is 1. The van der Waals surface area contributed by atoms with E-state index in [1.807, 2.05) is 0 Å². The zero-order valence-corrected chi connectivity index (χ0v) is 18.5. The predicted molar refractivity (Wildman–Crippen MR) is 108 cm³/mol. The van der Waals surface area contributed by atoms with Crippen molar-refractivity contribution < 1.29 is 41.0 Å². The maximum Gasteiger partial charge on any atom is 0.417 e. The van der Waals surface area contributed by atoms with Crippen molar-refractivity contribution in [3.63, 3.8) is 0 Å². The first kappa shape index (κ1) is 23.9. The molecule has 7 nitrogen and oxygen atoms in total. The van der Waals surface area contributed by atoms with E-state index in [1.54, 1.807) is 0 Å². The van der Waals surface area contributed by atoms with Crippen molar-refractivity contribution in [2.24, 2.45) is 5.92 Å². The summed E-state index contributed by atoms with van der Waals surface area (Å²) in [7, 11) is 2.27. The maximum atomic E-state index is 14.5. The Balaban J connectivity index is 1.89. The molecule has 1 aliphatic heterocycles. The number of nitrogens with one attached hydrogen (secondary N) is 1. The number of nitrogens with zero attached hydrogens (tertiary/aromatic N) is 2. The number of aromatic amines is 1. The fourth-order valence-electron chi connectivity index (χ4n) is 4.33. The molecule has 0 bridgehead atoms. The number of fused-ring (bicyclic) bond motifs is 1. The summed E-state index contributed by atoms with van der Waals surface area (Å²) in [4.78, 5) is 22.9. The van der Waals surface area contributed by atoms with Crippen LogP contribution in [0, 0.1) is 17.6 Å². The highest BCUT2D eigenvalue weighted by atomic mass is 19.4. The third kappa shape index (κ3) is 3.56. The van der Waals surface area contributed by atoms with Gasteiger partial charge in [-0.15, -0.1) is 0 Å². The lowest BCUT2D eigenvalue weighted by Gasteiger charge is -2.32. The van der Waals surface area contributed by atoms with Crippen LogP contribution in [0.3, 0.4) is 0 Å². The minimum absolute atomic E-state index is 0.000654. The van der Waals surface area contributed by atoms with Gasteiger partial charge in [0.15, 0.2) is 22.9 Å². The van der Waals surface area contributed by atoms with Gasteiger partial charge in [0.25, 0.3) is 0 Å². The van der Waals surface area contributed by atoms with Crippen molar-refractivity contribution in [2.75, 3.05) is 14.2 Å². The number of pyridine rings is 1. The number of H-pyrrole nitrogens is 1. The summed E-state index contributed by atoms with van der Waals surface area (Å²) in [5.41, 5.74) is -2.12. The number of hydrogen-bond acceptors (Lipinski definition) is 6. The third-order valence-electron chi connectivity index (χ3n) is 6.36. The molecule has 1 aliphatic rings. The molecule has 0 unspecified atom stereocenters. The van der Waals surface area contributed by atoms with Crippen LogP contribution >= 0.6 is 0 Å². The van der Waals surface area contributed by atoms with Crippen LogP contribution in [0.1, 0.15) is 47.7 Å². The minimum Gasteiger partial charge on any atom is -0.493 e. The number of aromatic nitrogens is 3. The highest BCUT2D eigenvalue weighted by Gasteiger charge is 2.65. The van der Waals surface area contributed by atoms with Crippen molar-refractivity contribution in [3.05, 3.63) is 53.1 Å². The summed E-state index contributed by atoms with van der Waals surface area (Å²) in [6.45, 7) is 2.22. The van der Waals surface area contributed by atoms with Crippen molar-refractivity contribution in [3.8, 4) is 5.75 Å². The molecular weight excluding hydrogens is 465 g/mol. The second-order valence-electron chi connectivity index (χ2n) is 8.14. The quantitative estimate of drug-likeness (QED) is 0.420. The molecule has 1 aromatic carbocycles. The summed E-state index contributed by atoms with van der Waals surface area (Å²) in [5.74, 6) is -6.11. The van der Waals surface area contributed by atoms with Crippen LogP contribution in [-0.4, -0.2) is 46.9 Å². The fraction of sp³-hybridized carbons (Fsp3) is 0.409. The Labute approximate surface area is 190 Å².